The van der Waals surface area contributed by atoms with Crippen molar-refractivity contribution in [2.45, 2.75) is 19.4 Å². The van der Waals surface area contributed by atoms with Gasteiger partial charge in [0.15, 0.2) is 11.5 Å². The molecule has 0 saturated carbocycles. The smallest absolute Gasteiger partial charge is 0.183 e. The molecule has 0 saturated heterocycles. The molecule has 0 aliphatic heterocycles. The lowest BCUT2D eigenvalue weighted by molar-refractivity contribution is 0.660. The van der Waals surface area contributed by atoms with Crippen molar-refractivity contribution >= 4 is 17.0 Å². The number of nitrogens with one attached hydrogen (secondary N) is 1. The number of hydrogen-bond acceptors (Lipinski definition) is 5. The fourth-order valence-electron chi connectivity index (χ4n) is 1.23. The van der Waals surface area contributed by atoms with Gasteiger partial charge in [-0.3, -0.25) is 0 Å². The number of H-pyrrole nitrogens is 1. The van der Waals surface area contributed by atoms with Gasteiger partial charge in [-0.05, 0) is 6.42 Å². The van der Waals surface area contributed by atoms with E-state index in [4.69, 9.17) is 11.5 Å². The summed E-state index contributed by atoms with van der Waals surface area (Å²) >= 11 is 0. The third-order valence-electron chi connectivity index (χ3n) is 2.13. The van der Waals surface area contributed by atoms with E-state index in [1.54, 1.807) is 0 Å². The molecule has 14 heavy (non-hydrogen) atoms. The van der Waals surface area contributed by atoms with E-state index in [-0.39, 0.29) is 6.04 Å². The number of nitrogen functional groups attached to an aromatic ring is 1. The Bertz CT molecular complexity index is 448. The molecule has 0 amide bonds. The molecule has 2 rings (SSSR count). The lowest BCUT2D eigenvalue weighted by Crippen LogP contribution is -2.10. The third-order valence-corrected chi connectivity index (χ3v) is 2.13. The molecule has 0 radical (unpaired) electrons. The van der Waals surface area contributed by atoms with Gasteiger partial charge in [0.05, 0.1) is 6.04 Å². The molecule has 0 fully saturated rings. The zero-order valence-corrected chi connectivity index (χ0v) is 7.86. The van der Waals surface area contributed by atoms with Crippen molar-refractivity contribution < 1.29 is 0 Å². The van der Waals surface area contributed by atoms with E-state index in [0.29, 0.717) is 22.8 Å². The Morgan fingerprint density at radius 1 is 1.50 bits per heavy atom. The van der Waals surface area contributed by atoms with Gasteiger partial charge in [0, 0.05) is 0 Å². The zero-order valence-electron chi connectivity index (χ0n) is 7.86. The molecule has 0 aromatic carbocycles. The first-order chi connectivity index (χ1) is 6.72. The van der Waals surface area contributed by atoms with Crippen LogP contribution in [0.5, 0.6) is 0 Å². The Morgan fingerprint density at radius 3 is 2.93 bits per heavy atom. The van der Waals surface area contributed by atoms with Crippen molar-refractivity contribution in [3.8, 4) is 0 Å². The third kappa shape index (κ3) is 1.29. The second-order valence-corrected chi connectivity index (χ2v) is 3.09. The Hall–Kier alpha value is -1.69. The summed E-state index contributed by atoms with van der Waals surface area (Å²) in [6.07, 6.45) is 2.20. The molecular formula is C8H12N6. The fourth-order valence-corrected chi connectivity index (χ4v) is 1.23. The maximum atomic E-state index is 5.83. The van der Waals surface area contributed by atoms with Crippen LogP contribution in [0.1, 0.15) is 25.2 Å². The molecule has 6 heteroatoms. The summed E-state index contributed by atoms with van der Waals surface area (Å²) in [5, 5.41) is 0. The molecule has 6 nitrogen and oxygen atoms in total. The Morgan fingerprint density at radius 2 is 2.29 bits per heavy atom. The van der Waals surface area contributed by atoms with Gasteiger partial charge in [-0.25, -0.2) is 15.0 Å². The summed E-state index contributed by atoms with van der Waals surface area (Å²) in [7, 11) is 0. The van der Waals surface area contributed by atoms with Crippen molar-refractivity contribution in [2.24, 2.45) is 5.73 Å². The lowest BCUT2D eigenvalue weighted by atomic mass is 10.2. The van der Waals surface area contributed by atoms with Crippen LogP contribution >= 0.6 is 0 Å². The number of nitrogens with two attached hydrogens (primary N) is 2. The summed E-state index contributed by atoms with van der Waals surface area (Å²) < 4.78 is 0. The summed E-state index contributed by atoms with van der Waals surface area (Å²) in [5.41, 5.74) is 12.7. The van der Waals surface area contributed by atoms with Gasteiger partial charge < -0.3 is 16.5 Å². The van der Waals surface area contributed by atoms with Crippen molar-refractivity contribution in [1.82, 2.24) is 19.9 Å². The van der Waals surface area contributed by atoms with E-state index < -0.39 is 0 Å². The van der Waals surface area contributed by atoms with Crippen LogP contribution in [-0.4, -0.2) is 19.9 Å². The molecule has 0 aliphatic carbocycles. The minimum absolute atomic E-state index is 0.108. The Labute approximate surface area is 80.8 Å². The molecule has 0 aliphatic rings. The van der Waals surface area contributed by atoms with Crippen molar-refractivity contribution in [3.63, 3.8) is 0 Å². The van der Waals surface area contributed by atoms with Crippen LogP contribution in [0.4, 0.5) is 5.82 Å². The molecule has 2 heterocycles. The van der Waals surface area contributed by atoms with E-state index in [1.165, 1.54) is 6.33 Å². The highest BCUT2D eigenvalue weighted by Crippen LogP contribution is 2.17. The predicted molar refractivity (Wildman–Crippen MR) is 53.3 cm³/mol. The normalized spacial score (nSPS) is 13.3. The van der Waals surface area contributed by atoms with Crippen LogP contribution < -0.4 is 11.5 Å². The number of hydrogen-bond donors (Lipinski definition) is 3. The first kappa shape index (κ1) is 8.89. The largest absolute Gasteiger partial charge is 0.382 e. The van der Waals surface area contributed by atoms with E-state index in [9.17, 15) is 0 Å². The maximum absolute atomic E-state index is 5.83. The van der Waals surface area contributed by atoms with Crippen LogP contribution in [0.3, 0.4) is 0 Å². The molecule has 1 unspecified atom stereocenters. The topological polar surface area (TPSA) is 106 Å². The van der Waals surface area contributed by atoms with Crippen LogP contribution in [0.25, 0.3) is 11.2 Å². The molecule has 74 valence electrons. The number of aromatic nitrogens is 4. The molecule has 1 atom stereocenters. The maximum Gasteiger partial charge on any atom is 0.183 e. The monoisotopic (exact) mass is 192 g/mol. The lowest BCUT2D eigenvalue weighted by Gasteiger charge is -2.02. The zero-order chi connectivity index (χ0) is 10.1. The highest BCUT2D eigenvalue weighted by Gasteiger charge is 2.11. The summed E-state index contributed by atoms with van der Waals surface area (Å²) in [4.78, 5) is 15.1. The van der Waals surface area contributed by atoms with Gasteiger partial charge in [-0.15, -0.1) is 0 Å². The number of nitrogens with zero attached hydrogens (tertiary/aromatic N) is 3. The van der Waals surface area contributed by atoms with Gasteiger partial charge in [0.1, 0.15) is 17.7 Å². The van der Waals surface area contributed by atoms with Crippen molar-refractivity contribution in [2.75, 3.05) is 5.73 Å². The van der Waals surface area contributed by atoms with E-state index >= 15 is 0 Å². The average molecular weight is 192 g/mol. The van der Waals surface area contributed by atoms with Crippen LogP contribution in [0, 0.1) is 0 Å². The van der Waals surface area contributed by atoms with Gasteiger partial charge >= 0.3 is 0 Å². The summed E-state index contributed by atoms with van der Waals surface area (Å²) in [6, 6.07) is -0.108. The van der Waals surface area contributed by atoms with Gasteiger partial charge in [0.2, 0.25) is 0 Å². The van der Waals surface area contributed by atoms with E-state index in [0.717, 1.165) is 6.42 Å². The quantitative estimate of drug-likeness (QED) is 0.636. The standard InChI is InChI=1S/C8H12N6/c1-2-4(9)7-13-5-6(10)11-3-12-8(5)14-7/h3-4H,2,9H2,1H3,(H3,10,11,12,13,14). The first-order valence-corrected chi connectivity index (χ1v) is 4.44. The summed E-state index contributed by atoms with van der Waals surface area (Å²) in [5.74, 6) is 1.10. The molecule has 0 spiro atoms. The van der Waals surface area contributed by atoms with Crippen LogP contribution in [0.2, 0.25) is 0 Å². The molecular weight excluding hydrogens is 180 g/mol. The average Bonchev–Trinajstić information content (AvgIpc) is 2.62. The molecule has 2 aromatic heterocycles. The second-order valence-electron chi connectivity index (χ2n) is 3.09. The van der Waals surface area contributed by atoms with Crippen molar-refractivity contribution in [3.05, 3.63) is 12.2 Å². The number of fused-ring (bicyclic) bond motifs is 1. The first-order valence-electron chi connectivity index (χ1n) is 4.44. The molecule has 0 bridgehead atoms. The second kappa shape index (κ2) is 3.22. The van der Waals surface area contributed by atoms with Crippen molar-refractivity contribution in [1.29, 1.82) is 0 Å². The Balaban J connectivity index is 2.56. The van der Waals surface area contributed by atoms with Crippen LogP contribution in [0.15, 0.2) is 6.33 Å². The minimum atomic E-state index is -0.108. The van der Waals surface area contributed by atoms with Gasteiger partial charge in [0.25, 0.3) is 0 Å². The van der Waals surface area contributed by atoms with Crippen LogP contribution in [-0.2, 0) is 0 Å². The number of imidazole rings is 1. The molecule has 2 aromatic rings. The van der Waals surface area contributed by atoms with E-state index in [2.05, 4.69) is 19.9 Å². The summed E-state index contributed by atoms with van der Waals surface area (Å²) in [6.45, 7) is 1.99. The van der Waals surface area contributed by atoms with Gasteiger partial charge in [-0.2, -0.15) is 0 Å². The SMILES string of the molecule is CCC(N)c1nc2ncnc(N)c2[nH]1. The minimum Gasteiger partial charge on any atom is -0.382 e. The number of aromatic amines is 1. The fraction of sp³-hybridized carbons (Fsp3) is 0.375. The number of rotatable bonds is 2. The van der Waals surface area contributed by atoms with Gasteiger partial charge in [-0.1, -0.05) is 6.92 Å². The number of anilines is 1. The Kier molecular flexibility index (Phi) is 2.05. The highest BCUT2D eigenvalue weighted by molar-refractivity contribution is 5.81. The molecule has 5 N–H and O–H groups in total. The van der Waals surface area contributed by atoms with E-state index in [1.807, 2.05) is 6.92 Å². The highest BCUT2D eigenvalue weighted by atomic mass is 15.1. The predicted octanol–water partition coefficient (Wildman–Crippen LogP) is 0.345.